The summed E-state index contributed by atoms with van der Waals surface area (Å²) in [5.74, 6) is 0.775. The summed E-state index contributed by atoms with van der Waals surface area (Å²) >= 11 is 0. The molecule has 3 rings (SSSR count). The van der Waals surface area contributed by atoms with Gasteiger partial charge in [0.1, 0.15) is 5.75 Å². The Kier molecular flexibility index (Phi) is 4.79. The molecule has 0 spiro atoms. The molecule has 2 aromatic carbocycles. The van der Waals surface area contributed by atoms with Gasteiger partial charge in [0, 0.05) is 12.2 Å². The number of amides is 2. The molecule has 2 N–H and O–H groups in total. The molecule has 1 aliphatic heterocycles. The van der Waals surface area contributed by atoms with Crippen LogP contribution in [-0.4, -0.2) is 25.5 Å². The van der Waals surface area contributed by atoms with E-state index in [9.17, 15) is 9.59 Å². The van der Waals surface area contributed by atoms with Crippen LogP contribution in [0.25, 0.3) is 0 Å². The second-order valence-corrected chi connectivity index (χ2v) is 5.84. The largest absolute Gasteiger partial charge is 0.497 e. The van der Waals surface area contributed by atoms with Crippen LogP contribution in [0.1, 0.15) is 16.7 Å². The number of benzene rings is 2. The number of ether oxygens (including phenoxy) is 1. The fourth-order valence-electron chi connectivity index (χ4n) is 2.81. The number of methoxy groups -OCH3 is 1. The molecular weight excluding hydrogens is 304 g/mol. The minimum atomic E-state index is -0.0127. The van der Waals surface area contributed by atoms with Crippen LogP contribution >= 0.6 is 0 Å². The molecule has 0 radical (unpaired) electrons. The van der Waals surface area contributed by atoms with Crippen LogP contribution in [0.4, 0.5) is 5.69 Å². The normalized spacial score (nSPS) is 12.5. The highest BCUT2D eigenvalue weighted by Gasteiger charge is 2.17. The Morgan fingerprint density at radius 2 is 2.08 bits per heavy atom. The predicted molar refractivity (Wildman–Crippen MR) is 92.2 cm³/mol. The van der Waals surface area contributed by atoms with E-state index < -0.39 is 0 Å². The van der Waals surface area contributed by atoms with Gasteiger partial charge in [-0.2, -0.15) is 0 Å². The van der Waals surface area contributed by atoms with Gasteiger partial charge in [0.2, 0.25) is 11.8 Å². The number of nitrogens with one attached hydrogen (secondary N) is 2. The first kappa shape index (κ1) is 16.1. The van der Waals surface area contributed by atoms with Gasteiger partial charge in [0.05, 0.1) is 20.0 Å². The first-order valence-electron chi connectivity index (χ1n) is 7.95. The average Bonchev–Trinajstić information content (AvgIpc) is 2.94. The lowest BCUT2D eigenvalue weighted by molar-refractivity contribution is -0.120. The van der Waals surface area contributed by atoms with Crippen LogP contribution in [0.2, 0.25) is 0 Å². The molecule has 5 nitrogen and oxygen atoms in total. The summed E-state index contributed by atoms with van der Waals surface area (Å²) < 4.78 is 5.16. The molecule has 1 heterocycles. The Hall–Kier alpha value is -2.82. The Morgan fingerprint density at radius 3 is 2.92 bits per heavy atom. The third-order valence-electron chi connectivity index (χ3n) is 4.03. The molecule has 0 saturated carbocycles. The van der Waals surface area contributed by atoms with E-state index in [1.807, 2.05) is 42.5 Å². The average molecular weight is 324 g/mol. The minimum absolute atomic E-state index is 0.0127. The molecule has 124 valence electrons. The number of hydrogen-bond donors (Lipinski definition) is 2. The summed E-state index contributed by atoms with van der Waals surface area (Å²) in [7, 11) is 1.61. The maximum absolute atomic E-state index is 12.0. The van der Waals surface area contributed by atoms with Crippen LogP contribution in [0.3, 0.4) is 0 Å². The van der Waals surface area contributed by atoms with Gasteiger partial charge in [-0.25, -0.2) is 0 Å². The number of hydrogen-bond acceptors (Lipinski definition) is 3. The van der Waals surface area contributed by atoms with Crippen molar-refractivity contribution in [3.05, 3.63) is 59.2 Å². The van der Waals surface area contributed by atoms with Crippen LogP contribution < -0.4 is 15.4 Å². The predicted octanol–water partition coefficient (Wildman–Crippen LogP) is 2.09. The molecule has 0 unspecified atom stereocenters. The molecular formula is C19H20N2O3. The second-order valence-electron chi connectivity index (χ2n) is 5.84. The fourth-order valence-corrected chi connectivity index (χ4v) is 2.81. The van der Waals surface area contributed by atoms with Gasteiger partial charge < -0.3 is 15.4 Å². The zero-order chi connectivity index (χ0) is 16.9. The Bertz CT molecular complexity index is 771. The van der Waals surface area contributed by atoms with Gasteiger partial charge in [-0.05, 0) is 41.3 Å². The zero-order valence-corrected chi connectivity index (χ0v) is 13.6. The quantitative estimate of drug-likeness (QED) is 0.855. The Morgan fingerprint density at radius 1 is 1.21 bits per heavy atom. The van der Waals surface area contributed by atoms with Crippen molar-refractivity contribution >= 4 is 17.5 Å². The Balaban J connectivity index is 1.48. The lowest BCUT2D eigenvalue weighted by atomic mass is 10.1. The van der Waals surface area contributed by atoms with Crippen molar-refractivity contribution in [1.29, 1.82) is 0 Å². The molecule has 2 aromatic rings. The van der Waals surface area contributed by atoms with Crippen molar-refractivity contribution in [3.63, 3.8) is 0 Å². The molecule has 0 aromatic heterocycles. The van der Waals surface area contributed by atoms with Gasteiger partial charge in [0.15, 0.2) is 0 Å². The van der Waals surface area contributed by atoms with Crippen molar-refractivity contribution in [2.24, 2.45) is 0 Å². The molecule has 24 heavy (non-hydrogen) atoms. The van der Waals surface area contributed by atoms with Crippen LogP contribution in [0.15, 0.2) is 42.5 Å². The monoisotopic (exact) mass is 324 g/mol. The van der Waals surface area contributed by atoms with Crippen LogP contribution in [-0.2, 0) is 28.9 Å². The lowest BCUT2D eigenvalue weighted by Crippen LogP contribution is -2.27. The van der Waals surface area contributed by atoms with Crippen molar-refractivity contribution in [2.75, 3.05) is 19.0 Å². The summed E-state index contributed by atoms with van der Waals surface area (Å²) in [6, 6.07) is 13.4. The first-order valence-corrected chi connectivity index (χ1v) is 7.95. The molecule has 0 bridgehead atoms. The molecule has 0 atom stereocenters. The first-order chi connectivity index (χ1) is 11.6. The highest BCUT2D eigenvalue weighted by atomic mass is 16.5. The van der Waals surface area contributed by atoms with Gasteiger partial charge in [-0.15, -0.1) is 0 Å². The molecule has 2 amide bonds. The maximum atomic E-state index is 12.0. The van der Waals surface area contributed by atoms with Gasteiger partial charge in [-0.3, -0.25) is 9.59 Å². The number of fused-ring (bicyclic) bond motifs is 1. The smallest absolute Gasteiger partial charge is 0.228 e. The van der Waals surface area contributed by atoms with Gasteiger partial charge in [0.25, 0.3) is 0 Å². The van der Waals surface area contributed by atoms with Crippen LogP contribution in [0.5, 0.6) is 5.75 Å². The van der Waals surface area contributed by atoms with E-state index in [-0.39, 0.29) is 11.8 Å². The summed E-state index contributed by atoms with van der Waals surface area (Å²) in [5, 5.41) is 5.75. The molecule has 0 aliphatic carbocycles. The number of carbonyl (C=O) groups excluding carboxylic acids is 2. The van der Waals surface area contributed by atoms with E-state index in [2.05, 4.69) is 10.6 Å². The topological polar surface area (TPSA) is 67.4 Å². The fraction of sp³-hybridized carbons (Fsp3) is 0.263. The highest BCUT2D eigenvalue weighted by Crippen LogP contribution is 2.23. The van der Waals surface area contributed by atoms with E-state index in [1.54, 1.807) is 7.11 Å². The summed E-state index contributed by atoms with van der Waals surface area (Å²) in [6.45, 7) is 0.572. The maximum Gasteiger partial charge on any atom is 0.228 e. The van der Waals surface area contributed by atoms with E-state index in [0.29, 0.717) is 19.4 Å². The molecule has 0 fully saturated rings. The van der Waals surface area contributed by atoms with Crippen molar-refractivity contribution < 1.29 is 14.3 Å². The SMILES string of the molecule is COc1cccc(CC(=O)NCCc2ccc3c(c2)CC(=O)N3)c1. The van der Waals surface area contributed by atoms with Crippen molar-refractivity contribution in [3.8, 4) is 5.75 Å². The standard InChI is InChI=1S/C19H20N2O3/c1-24-16-4-2-3-14(10-16)11-18(22)20-8-7-13-5-6-17-15(9-13)12-19(23)21-17/h2-6,9-10H,7-8,11-12H2,1H3,(H,20,22)(H,21,23). The summed E-state index contributed by atoms with van der Waals surface area (Å²) in [4.78, 5) is 23.4. The molecule has 1 aliphatic rings. The van der Waals surface area contributed by atoms with E-state index in [0.717, 1.165) is 34.5 Å². The molecule has 0 saturated heterocycles. The second kappa shape index (κ2) is 7.17. The van der Waals surface area contributed by atoms with Crippen molar-refractivity contribution in [1.82, 2.24) is 5.32 Å². The minimum Gasteiger partial charge on any atom is -0.497 e. The Labute approximate surface area is 141 Å². The summed E-state index contributed by atoms with van der Waals surface area (Å²) in [5.41, 5.74) is 3.96. The third kappa shape index (κ3) is 3.93. The highest BCUT2D eigenvalue weighted by molar-refractivity contribution is 5.99. The third-order valence-corrected chi connectivity index (χ3v) is 4.03. The van der Waals surface area contributed by atoms with Gasteiger partial charge in [-0.1, -0.05) is 24.3 Å². The number of rotatable bonds is 6. The number of anilines is 1. The van der Waals surface area contributed by atoms with Gasteiger partial charge >= 0.3 is 0 Å². The van der Waals surface area contributed by atoms with Crippen molar-refractivity contribution in [2.45, 2.75) is 19.3 Å². The number of carbonyl (C=O) groups is 2. The lowest BCUT2D eigenvalue weighted by Gasteiger charge is -2.08. The van der Waals surface area contributed by atoms with Crippen LogP contribution in [0, 0.1) is 0 Å². The van der Waals surface area contributed by atoms with E-state index in [1.165, 1.54) is 0 Å². The van der Waals surface area contributed by atoms with E-state index in [4.69, 9.17) is 4.74 Å². The summed E-state index contributed by atoms with van der Waals surface area (Å²) in [6.07, 6.45) is 1.51. The molecule has 5 heteroatoms. The zero-order valence-electron chi connectivity index (χ0n) is 13.6. The van der Waals surface area contributed by atoms with E-state index >= 15 is 0 Å².